The van der Waals surface area contributed by atoms with Gasteiger partial charge in [-0.15, -0.1) is 11.3 Å². The summed E-state index contributed by atoms with van der Waals surface area (Å²) in [6.07, 6.45) is -7.03. The molecule has 182 valence electrons. The van der Waals surface area contributed by atoms with E-state index < -0.39 is 28.1 Å². The maximum absolute atomic E-state index is 13.8. The van der Waals surface area contributed by atoms with Crippen molar-refractivity contribution >= 4 is 27.0 Å². The number of aliphatic hydroxyl groups is 1. The molecule has 1 aliphatic heterocycles. The monoisotopic (exact) mass is 514 g/mol. The summed E-state index contributed by atoms with van der Waals surface area (Å²) in [7, 11) is -3.70. The fraction of sp³-hybridized carbons (Fsp3) is 0.304. The zero-order chi connectivity index (χ0) is 24.5. The Bertz CT molecular complexity index is 1220. The third-order valence-corrected chi connectivity index (χ3v) is 8.98. The normalized spacial score (nSPS) is 18.7. The van der Waals surface area contributed by atoms with Crippen molar-refractivity contribution in [3.8, 4) is 0 Å². The molecule has 34 heavy (non-hydrogen) atoms. The van der Waals surface area contributed by atoms with E-state index in [0.717, 1.165) is 11.3 Å². The second kappa shape index (κ2) is 9.65. The number of hydrogen-bond acceptors (Lipinski definition) is 5. The van der Waals surface area contributed by atoms with E-state index in [2.05, 4.69) is 0 Å². The molecule has 1 aliphatic rings. The third kappa shape index (κ3) is 5.27. The number of sulfonamides is 1. The zero-order valence-corrected chi connectivity index (χ0v) is 19.5. The van der Waals surface area contributed by atoms with Crippen LogP contribution in [0.15, 0.2) is 70.3 Å². The van der Waals surface area contributed by atoms with Crippen molar-refractivity contribution in [3.63, 3.8) is 0 Å². The van der Waals surface area contributed by atoms with Gasteiger partial charge in [-0.25, -0.2) is 12.8 Å². The van der Waals surface area contributed by atoms with Crippen LogP contribution in [-0.2, 0) is 16.4 Å². The number of aliphatic hydroxyl groups excluding tert-OH is 1. The molecule has 1 aromatic heterocycles. The highest BCUT2D eigenvalue weighted by molar-refractivity contribution is 7.91. The minimum atomic E-state index is -4.77. The van der Waals surface area contributed by atoms with Gasteiger partial charge in [0.05, 0.1) is 0 Å². The molecule has 4 rings (SSSR count). The van der Waals surface area contributed by atoms with Gasteiger partial charge < -0.3 is 10.0 Å². The predicted molar refractivity (Wildman–Crippen MR) is 122 cm³/mol. The fourth-order valence-electron chi connectivity index (χ4n) is 4.07. The van der Waals surface area contributed by atoms with Gasteiger partial charge in [0.2, 0.25) is 0 Å². The first kappa shape index (κ1) is 24.6. The summed E-state index contributed by atoms with van der Waals surface area (Å²) >= 11 is 1.13. The van der Waals surface area contributed by atoms with E-state index in [1.54, 1.807) is 29.6 Å². The van der Waals surface area contributed by atoms with Crippen LogP contribution >= 0.6 is 11.3 Å². The molecular formula is C23H22F4N2O3S2. The molecule has 0 bridgehead atoms. The highest BCUT2D eigenvalue weighted by Crippen LogP contribution is 2.34. The van der Waals surface area contributed by atoms with Crippen molar-refractivity contribution in [3.05, 3.63) is 83.0 Å². The molecule has 0 amide bonds. The molecule has 5 nitrogen and oxygen atoms in total. The van der Waals surface area contributed by atoms with E-state index >= 15 is 0 Å². The van der Waals surface area contributed by atoms with Crippen molar-refractivity contribution in [2.24, 2.45) is 0 Å². The van der Waals surface area contributed by atoms with Crippen LogP contribution in [0.1, 0.15) is 17.2 Å². The number of alkyl halides is 3. The Hall–Kier alpha value is -2.47. The third-order valence-electron chi connectivity index (χ3n) is 5.75. The summed E-state index contributed by atoms with van der Waals surface area (Å²) in [6, 6.07) is 14.2. The summed E-state index contributed by atoms with van der Waals surface area (Å²) in [5, 5.41) is 11.2. The topological polar surface area (TPSA) is 60.9 Å². The summed E-state index contributed by atoms with van der Waals surface area (Å²) in [5.41, 5.74) is 0.985. The molecule has 1 N–H and O–H groups in total. The van der Waals surface area contributed by atoms with Gasteiger partial charge in [-0.2, -0.15) is 17.5 Å². The summed E-state index contributed by atoms with van der Waals surface area (Å²) in [4.78, 5) is 1.91. The maximum atomic E-state index is 13.8. The SMILES string of the molecule is O=S(=O)(c1cccs1)N1CCN(c2ccc(C(O)C(F)(F)F)cc2)C(Cc2cccc(F)c2)C1. The second-order valence-electron chi connectivity index (χ2n) is 8.01. The second-order valence-corrected chi connectivity index (χ2v) is 11.1. The van der Waals surface area contributed by atoms with E-state index in [0.29, 0.717) is 24.2 Å². The quantitative estimate of drug-likeness (QED) is 0.489. The Morgan fingerprint density at radius 2 is 1.79 bits per heavy atom. The molecule has 2 aromatic carbocycles. The fourth-order valence-corrected chi connectivity index (χ4v) is 6.68. The molecule has 0 radical (unpaired) electrons. The lowest BCUT2D eigenvalue weighted by Gasteiger charge is -2.42. The maximum Gasteiger partial charge on any atom is 0.418 e. The van der Waals surface area contributed by atoms with Crippen molar-refractivity contribution in [1.29, 1.82) is 0 Å². The Labute approximate surface area is 198 Å². The van der Waals surface area contributed by atoms with Gasteiger partial charge in [0, 0.05) is 31.4 Å². The van der Waals surface area contributed by atoms with Crippen LogP contribution in [0.25, 0.3) is 0 Å². The number of rotatable bonds is 6. The minimum Gasteiger partial charge on any atom is -0.379 e. The lowest BCUT2D eigenvalue weighted by atomic mass is 10.0. The lowest BCUT2D eigenvalue weighted by Crippen LogP contribution is -2.55. The van der Waals surface area contributed by atoms with Crippen LogP contribution < -0.4 is 4.90 Å². The Morgan fingerprint density at radius 3 is 2.41 bits per heavy atom. The first-order valence-electron chi connectivity index (χ1n) is 10.4. The van der Waals surface area contributed by atoms with Crippen LogP contribution in [0.5, 0.6) is 0 Å². The smallest absolute Gasteiger partial charge is 0.379 e. The van der Waals surface area contributed by atoms with E-state index in [1.807, 2.05) is 4.90 Å². The summed E-state index contributed by atoms with van der Waals surface area (Å²) in [6.45, 7) is 0.613. The Morgan fingerprint density at radius 1 is 1.06 bits per heavy atom. The summed E-state index contributed by atoms with van der Waals surface area (Å²) in [5.74, 6) is -0.409. The van der Waals surface area contributed by atoms with Gasteiger partial charge in [-0.3, -0.25) is 0 Å². The van der Waals surface area contributed by atoms with Gasteiger partial charge in [0.1, 0.15) is 10.0 Å². The number of halogens is 4. The summed E-state index contributed by atoms with van der Waals surface area (Å²) < 4.78 is 80.1. The predicted octanol–water partition coefficient (Wildman–Crippen LogP) is 4.61. The first-order valence-corrected chi connectivity index (χ1v) is 12.8. The van der Waals surface area contributed by atoms with Crippen LogP contribution in [0.4, 0.5) is 23.2 Å². The van der Waals surface area contributed by atoms with Crippen LogP contribution in [0, 0.1) is 5.82 Å². The molecule has 1 saturated heterocycles. The number of benzene rings is 2. The van der Waals surface area contributed by atoms with E-state index in [4.69, 9.17) is 0 Å². The molecule has 0 spiro atoms. The van der Waals surface area contributed by atoms with Gasteiger partial charge in [0.25, 0.3) is 10.0 Å². The van der Waals surface area contributed by atoms with E-state index in [1.165, 1.54) is 40.7 Å². The molecule has 3 aromatic rings. The Balaban J connectivity index is 1.62. The van der Waals surface area contributed by atoms with Crippen molar-refractivity contribution in [2.45, 2.75) is 29.0 Å². The average molecular weight is 515 g/mol. The highest BCUT2D eigenvalue weighted by Gasteiger charge is 2.39. The zero-order valence-electron chi connectivity index (χ0n) is 17.8. The molecule has 1 fully saturated rings. The van der Waals surface area contributed by atoms with Gasteiger partial charge >= 0.3 is 6.18 Å². The molecule has 0 saturated carbocycles. The molecule has 2 atom stereocenters. The molecule has 2 heterocycles. The van der Waals surface area contributed by atoms with E-state index in [9.17, 15) is 31.1 Å². The van der Waals surface area contributed by atoms with Gasteiger partial charge in [-0.05, 0) is 53.3 Å². The van der Waals surface area contributed by atoms with Crippen molar-refractivity contribution < 1.29 is 31.1 Å². The van der Waals surface area contributed by atoms with Gasteiger partial charge in [0.15, 0.2) is 6.10 Å². The number of anilines is 1. The van der Waals surface area contributed by atoms with Crippen LogP contribution in [0.3, 0.4) is 0 Å². The Kier molecular flexibility index (Phi) is 6.99. The molecule has 11 heteroatoms. The number of piperazine rings is 1. The average Bonchev–Trinajstić information content (AvgIpc) is 3.34. The van der Waals surface area contributed by atoms with Crippen LogP contribution in [0.2, 0.25) is 0 Å². The van der Waals surface area contributed by atoms with Crippen molar-refractivity contribution in [1.82, 2.24) is 4.31 Å². The van der Waals surface area contributed by atoms with E-state index in [-0.39, 0.29) is 28.9 Å². The number of nitrogens with zero attached hydrogens (tertiary/aromatic N) is 2. The minimum absolute atomic E-state index is 0.129. The molecule has 2 unspecified atom stereocenters. The standard InChI is InChI=1S/C23H22F4N2O3S2/c24-18-4-1-3-16(13-18)14-20-15-28(34(31,32)21-5-2-12-33-21)10-11-29(20)19-8-6-17(7-9-19)22(30)23(25,26)27/h1-9,12-13,20,22,30H,10-11,14-15H2. The van der Waals surface area contributed by atoms with Crippen LogP contribution in [-0.4, -0.2) is 49.7 Å². The highest BCUT2D eigenvalue weighted by atomic mass is 32.2. The number of thiophene rings is 1. The van der Waals surface area contributed by atoms with Crippen molar-refractivity contribution in [2.75, 3.05) is 24.5 Å². The largest absolute Gasteiger partial charge is 0.418 e. The van der Waals surface area contributed by atoms with Gasteiger partial charge in [-0.1, -0.05) is 30.3 Å². The first-order chi connectivity index (χ1) is 16.1. The lowest BCUT2D eigenvalue weighted by molar-refractivity contribution is -0.206. The number of hydrogen-bond donors (Lipinski definition) is 1. The molecular weight excluding hydrogens is 492 g/mol. The molecule has 0 aliphatic carbocycles.